The first-order valence-electron chi connectivity index (χ1n) is 10.6. The molecule has 1 saturated heterocycles. The summed E-state index contributed by atoms with van der Waals surface area (Å²) in [5.74, 6) is 0.549. The van der Waals surface area contributed by atoms with E-state index in [-0.39, 0.29) is 18.0 Å². The van der Waals surface area contributed by atoms with E-state index in [1.54, 1.807) is 16.5 Å². The molecule has 0 bridgehead atoms. The summed E-state index contributed by atoms with van der Waals surface area (Å²) < 4.78 is 8.78. The van der Waals surface area contributed by atoms with Crippen LogP contribution in [0.5, 0.6) is 0 Å². The molecule has 1 aliphatic heterocycles. The first kappa shape index (κ1) is 20.7. The molecule has 8 heteroatoms. The normalized spacial score (nSPS) is 14.5. The Hall–Kier alpha value is -3.55. The molecule has 0 atom stereocenters. The van der Waals surface area contributed by atoms with Gasteiger partial charge in [-0.25, -0.2) is 9.48 Å². The predicted molar refractivity (Wildman–Crippen MR) is 117 cm³/mol. The van der Waals surface area contributed by atoms with Crippen molar-refractivity contribution in [2.45, 2.75) is 32.7 Å². The zero-order valence-electron chi connectivity index (χ0n) is 17.8. The van der Waals surface area contributed by atoms with Gasteiger partial charge < -0.3 is 19.5 Å². The summed E-state index contributed by atoms with van der Waals surface area (Å²) in [4.78, 5) is 26.9. The van der Waals surface area contributed by atoms with Crippen molar-refractivity contribution in [3.8, 4) is 11.5 Å². The Kier molecular flexibility index (Phi) is 6.06. The zero-order chi connectivity index (χ0) is 21.8. The number of hydrogen-bond donors (Lipinski definition) is 1. The van der Waals surface area contributed by atoms with Gasteiger partial charge in [0.1, 0.15) is 5.56 Å². The van der Waals surface area contributed by atoms with Gasteiger partial charge in [0.15, 0.2) is 5.82 Å². The fourth-order valence-corrected chi connectivity index (χ4v) is 3.92. The first-order chi connectivity index (χ1) is 15.1. The molecule has 0 radical (unpaired) electrons. The van der Waals surface area contributed by atoms with E-state index in [1.165, 1.54) is 0 Å². The van der Waals surface area contributed by atoms with E-state index in [0.717, 1.165) is 5.69 Å². The standard InChI is InChI=1S/C23H27N5O3/c1-3-31-23(30)27-15-11-18(12-16-27)24-21(29)20-17(2)25-28(19-9-5-4-6-10-19)22(20)26-13-7-8-14-26/h4-10,13-14,18H,3,11-12,15-16H2,1-2H3,(H,24,29). The highest BCUT2D eigenvalue weighted by Crippen LogP contribution is 2.23. The van der Waals surface area contributed by atoms with Crippen molar-refractivity contribution in [1.82, 2.24) is 24.6 Å². The number of nitrogens with one attached hydrogen (secondary N) is 1. The van der Waals surface area contributed by atoms with Gasteiger partial charge >= 0.3 is 6.09 Å². The summed E-state index contributed by atoms with van der Waals surface area (Å²) in [5.41, 5.74) is 2.10. The molecule has 0 unspecified atom stereocenters. The molecule has 2 amide bonds. The van der Waals surface area contributed by atoms with Crippen molar-refractivity contribution < 1.29 is 14.3 Å². The SMILES string of the molecule is CCOC(=O)N1CCC(NC(=O)c2c(C)nn(-c3ccccc3)c2-n2cccc2)CC1. The lowest BCUT2D eigenvalue weighted by Gasteiger charge is -2.31. The summed E-state index contributed by atoms with van der Waals surface area (Å²) in [6.45, 7) is 5.14. The number of hydrogen-bond acceptors (Lipinski definition) is 4. The number of rotatable bonds is 5. The van der Waals surface area contributed by atoms with Gasteiger partial charge in [0.2, 0.25) is 0 Å². The van der Waals surface area contributed by atoms with Crippen molar-refractivity contribution in [3.63, 3.8) is 0 Å². The number of piperidine rings is 1. The van der Waals surface area contributed by atoms with Crippen LogP contribution in [-0.2, 0) is 4.74 Å². The molecule has 0 saturated carbocycles. The van der Waals surface area contributed by atoms with E-state index < -0.39 is 0 Å². The van der Waals surface area contributed by atoms with Gasteiger partial charge in [-0.3, -0.25) is 4.79 Å². The molecule has 2 aromatic heterocycles. The molecule has 4 rings (SSSR count). The van der Waals surface area contributed by atoms with Gasteiger partial charge in [-0.2, -0.15) is 5.10 Å². The van der Waals surface area contributed by atoms with Crippen molar-refractivity contribution in [2.24, 2.45) is 0 Å². The van der Waals surface area contributed by atoms with Crippen LogP contribution in [0.3, 0.4) is 0 Å². The Balaban J connectivity index is 1.56. The van der Waals surface area contributed by atoms with Crippen molar-refractivity contribution in [1.29, 1.82) is 0 Å². The molecule has 8 nitrogen and oxygen atoms in total. The number of nitrogens with zero attached hydrogens (tertiary/aromatic N) is 4. The highest BCUT2D eigenvalue weighted by molar-refractivity contribution is 5.98. The lowest BCUT2D eigenvalue weighted by Crippen LogP contribution is -2.46. The van der Waals surface area contributed by atoms with E-state index in [1.807, 2.05) is 66.3 Å². The lowest BCUT2D eigenvalue weighted by molar-refractivity contribution is 0.0859. The maximum absolute atomic E-state index is 13.3. The smallest absolute Gasteiger partial charge is 0.409 e. The zero-order valence-corrected chi connectivity index (χ0v) is 17.8. The molecule has 1 N–H and O–H groups in total. The minimum atomic E-state index is -0.290. The largest absolute Gasteiger partial charge is 0.450 e. The van der Waals surface area contributed by atoms with E-state index in [9.17, 15) is 9.59 Å². The molecule has 1 aliphatic rings. The number of ether oxygens (including phenoxy) is 1. The first-order valence-corrected chi connectivity index (χ1v) is 10.6. The number of carbonyl (C=O) groups is 2. The molecule has 1 fully saturated rings. The van der Waals surface area contributed by atoms with Gasteiger partial charge in [-0.05, 0) is 51.0 Å². The summed E-state index contributed by atoms with van der Waals surface area (Å²) in [6.07, 6.45) is 4.90. The van der Waals surface area contributed by atoms with E-state index in [0.29, 0.717) is 49.6 Å². The number of para-hydroxylation sites is 1. The van der Waals surface area contributed by atoms with Crippen LogP contribution in [0, 0.1) is 6.92 Å². The summed E-state index contributed by atoms with van der Waals surface area (Å²) >= 11 is 0. The molecule has 162 valence electrons. The van der Waals surface area contributed by atoms with E-state index in [2.05, 4.69) is 10.4 Å². The van der Waals surface area contributed by atoms with Crippen molar-refractivity contribution in [2.75, 3.05) is 19.7 Å². The third-order valence-corrected chi connectivity index (χ3v) is 5.47. The Morgan fingerprint density at radius 3 is 2.42 bits per heavy atom. The second-order valence-corrected chi connectivity index (χ2v) is 7.56. The Labute approximate surface area is 181 Å². The van der Waals surface area contributed by atoms with Gasteiger partial charge in [-0.15, -0.1) is 0 Å². The van der Waals surface area contributed by atoms with Crippen LogP contribution < -0.4 is 5.32 Å². The molecule has 31 heavy (non-hydrogen) atoms. The average molecular weight is 422 g/mol. The van der Waals surface area contributed by atoms with Crippen LogP contribution in [0.25, 0.3) is 11.5 Å². The number of amides is 2. The Morgan fingerprint density at radius 1 is 1.10 bits per heavy atom. The van der Waals surface area contributed by atoms with Crippen LogP contribution in [0.2, 0.25) is 0 Å². The third-order valence-electron chi connectivity index (χ3n) is 5.47. The van der Waals surface area contributed by atoms with Crippen molar-refractivity contribution >= 4 is 12.0 Å². The highest BCUT2D eigenvalue weighted by atomic mass is 16.6. The van der Waals surface area contributed by atoms with Crippen LogP contribution >= 0.6 is 0 Å². The number of likely N-dealkylation sites (tertiary alicyclic amines) is 1. The fraction of sp³-hybridized carbons (Fsp3) is 0.348. The van der Waals surface area contributed by atoms with Crippen LogP contribution in [0.15, 0.2) is 54.9 Å². The summed E-state index contributed by atoms with van der Waals surface area (Å²) in [6, 6.07) is 13.6. The molecule has 0 spiro atoms. The number of carbonyl (C=O) groups excluding carboxylic acids is 2. The second-order valence-electron chi connectivity index (χ2n) is 7.56. The quantitative estimate of drug-likeness (QED) is 0.685. The number of aryl methyl sites for hydroxylation is 1. The predicted octanol–water partition coefficient (Wildman–Crippen LogP) is 3.32. The topological polar surface area (TPSA) is 81.4 Å². The van der Waals surface area contributed by atoms with Gasteiger partial charge in [-0.1, -0.05) is 18.2 Å². The van der Waals surface area contributed by atoms with Crippen LogP contribution in [-0.4, -0.2) is 57.0 Å². The maximum Gasteiger partial charge on any atom is 0.409 e. The number of benzene rings is 1. The number of aromatic nitrogens is 3. The van der Waals surface area contributed by atoms with E-state index >= 15 is 0 Å². The Morgan fingerprint density at radius 2 is 1.77 bits per heavy atom. The second kappa shape index (κ2) is 9.07. The van der Waals surface area contributed by atoms with Crippen molar-refractivity contribution in [3.05, 3.63) is 66.1 Å². The average Bonchev–Trinajstić information content (AvgIpc) is 3.42. The Bertz CT molecular complexity index is 1030. The highest BCUT2D eigenvalue weighted by Gasteiger charge is 2.28. The van der Waals surface area contributed by atoms with Crippen LogP contribution in [0.1, 0.15) is 35.8 Å². The molecule has 1 aromatic carbocycles. The third kappa shape index (κ3) is 4.33. The lowest BCUT2D eigenvalue weighted by atomic mass is 10.0. The molecular weight excluding hydrogens is 394 g/mol. The summed E-state index contributed by atoms with van der Waals surface area (Å²) in [7, 11) is 0. The molecule has 3 heterocycles. The minimum absolute atomic E-state index is 0.00448. The van der Waals surface area contributed by atoms with Gasteiger partial charge in [0, 0.05) is 31.5 Å². The van der Waals surface area contributed by atoms with Crippen LogP contribution in [0.4, 0.5) is 4.79 Å². The molecular formula is C23H27N5O3. The van der Waals surface area contributed by atoms with Gasteiger partial charge in [0.05, 0.1) is 18.0 Å². The monoisotopic (exact) mass is 421 g/mol. The minimum Gasteiger partial charge on any atom is -0.450 e. The van der Waals surface area contributed by atoms with Gasteiger partial charge in [0.25, 0.3) is 5.91 Å². The maximum atomic E-state index is 13.3. The van der Waals surface area contributed by atoms with E-state index in [4.69, 9.17) is 4.74 Å². The molecule has 3 aromatic rings. The molecule has 0 aliphatic carbocycles. The summed E-state index contributed by atoms with van der Waals surface area (Å²) in [5, 5.41) is 7.82. The fourth-order valence-electron chi connectivity index (χ4n) is 3.92.